The van der Waals surface area contributed by atoms with Crippen LogP contribution >= 0.6 is 15.9 Å². The number of hydrogen-bond donors (Lipinski definition) is 0. The lowest BCUT2D eigenvalue weighted by atomic mass is 9.75. The van der Waals surface area contributed by atoms with Crippen LogP contribution in [0, 0.1) is 23.6 Å². The zero-order valence-corrected chi connectivity index (χ0v) is 13.0. The van der Waals surface area contributed by atoms with Gasteiger partial charge in [0.25, 0.3) is 0 Å². The molecule has 0 amide bonds. The van der Waals surface area contributed by atoms with E-state index in [4.69, 9.17) is 0 Å². The molecule has 0 saturated heterocycles. The van der Waals surface area contributed by atoms with Gasteiger partial charge in [-0.05, 0) is 55.7 Å². The topological polar surface area (TPSA) is 17.1 Å². The van der Waals surface area contributed by atoms with Crippen molar-refractivity contribution in [3.8, 4) is 0 Å². The molecule has 0 unspecified atom stereocenters. The van der Waals surface area contributed by atoms with Gasteiger partial charge in [-0.25, -0.2) is 4.39 Å². The van der Waals surface area contributed by atoms with Crippen molar-refractivity contribution in [2.75, 3.05) is 0 Å². The van der Waals surface area contributed by atoms with E-state index in [-0.39, 0.29) is 17.3 Å². The first-order valence-corrected chi connectivity index (χ1v) is 7.77. The fraction of sp³-hybridized carbons (Fsp3) is 0.562. The van der Waals surface area contributed by atoms with Crippen molar-refractivity contribution in [2.24, 2.45) is 17.8 Å². The van der Waals surface area contributed by atoms with Crippen molar-refractivity contribution in [3.63, 3.8) is 0 Å². The van der Waals surface area contributed by atoms with Crippen molar-refractivity contribution in [1.29, 1.82) is 0 Å². The monoisotopic (exact) mass is 326 g/mol. The molecule has 1 fully saturated rings. The average molecular weight is 327 g/mol. The molecule has 1 aromatic rings. The third kappa shape index (κ3) is 3.44. The predicted molar refractivity (Wildman–Crippen MR) is 78.7 cm³/mol. The van der Waals surface area contributed by atoms with Crippen LogP contribution in [-0.4, -0.2) is 5.78 Å². The summed E-state index contributed by atoms with van der Waals surface area (Å²) in [7, 11) is 0. The Kier molecular flexibility index (Phi) is 4.77. The average Bonchev–Trinajstić information content (AvgIpc) is 2.41. The first-order valence-electron chi connectivity index (χ1n) is 6.98. The molecule has 1 aliphatic rings. The standard InChI is InChI=1S/C16H20BrFO/c1-10(2)11-3-5-12(6-4-11)16(19)14-9-13(17)7-8-15(14)18/h7-12H,3-6H2,1-2H3. The van der Waals surface area contributed by atoms with Crippen LogP contribution in [0.15, 0.2) is 22.7 Å². The molecule has 0 heterocycles. The van der Waals surface area contributed by atoms with Gasteiger partial charge < -0.3 is 0 Å². The van der Waals surface area contributed by atoms with E-state index in [1.54, 1.807) is 12.1 Å². The Morgan fingerprint density at radius 2 is 1.89 bits per heavy atom. The van der Waals surface area contributed by atoms with E-state index in [1.165, 1.54) is 6.07 Å². The minimum atomic E-state index is -0.404. The summed E-state index contributed by atoms with van der Waals surface area (Å²) in [5.41, 5.74) is 0.238. The Hall–Kier alpha value is -0.700. The second-order valence-electron chi connectivity index (χ2n) is 5.84. The maximum atomic E-state index is 13.7. The number of halogens is 2. The lowest BCUT2D eigenvalue weighted by Crippen LogP contribution is -2.24. The van der Waals surface area contributed by atoms with Gasteiger partial charge in [0.1, 0.15) is 5.82 Å². The number of carbonyl (C=O) groups is 1. The largest absolute Gasteiger partial charge is 0.294 e. The lowest BCUT2D eigenvalue weighted by molar-refractivity contribution is 0.0854. The molecule has 0 spiro atoms. The fourth-order valence-electron chi connectivity index (χ4n) is 2.95. The highest BCUT2D eigenvalue weighted by Crippen LogP contribution is 2.35. The molecule has 1 aromatic carbocycles. The van der Waals surface area contributed by atoms with Crippen LogP contribution in [0.2, 0.25) is 0 Å². The van der Waals surface area contributed by atoms with E-state index < -0.39 is 5.82 Å². The fourth-order valence-corrected chi connectivity index (χ4v) is 3.32. The normalized spacial score (nSPS) is 23.6. The second kappa shape index (κ2) is 6.17. The first kappa shape index (κ1) is 14.7. The minimum absolute atomic E-state index is 0.00111. The van der Waals surface area contributed by atoms with Gasteiger partial charge in [-0.3, -0.25) is 4.79 Å². The molecule has 0 radical (unpaired) electrons. The third-order valence-corrected chi connectivity index (χ3v) is 4.77. The lowest BCUT2D eigenvalue weighted by Gasteiger charge is -2.30. The number of hydrogen-bond acceptors (Lipinski definition) is 1. The Bertz CT molecular complexity index is 462. The highest BCUT2D eigenvalue weighted by atomic mass is 79.9. The van der Waals surface area contributed by atoms with Crippen LogP contribution in [0.4, 0.5) is 4.39 Å². The van der Waals surface area contributed by atoms with Gasteiger partial charge in [0.2, 0.25) is 0 Å². The summed E-state index contributed by atoms with van der Waals surface area (Å²) in [5, 5.41) is 0. The van der Waals surface area contributed by atoms with Gasteiger partial charge in [-0.1, -0.05) is 29.8 Å². The summed E-state index contributed by atoms with van der Waals surface area (Å²) in [6, 6.07) is 4.59. The van der Waals surface area contributed by atoms with Crippen molar-refractivity contribution in [3.05, 3.63) is 34.1 Å². The van der Waals surface area contributed by atoms with E-state index >= 15 is 0 Å². The highest BCUT2D eigenvalue weighted by Gasteiger charge is 2.29. The summed E-state index contributed by atoms with van der Waals surface area (Å²) in [6.45, 7) is 4.47. The maximum Gasteiger partial charge on any atom is 0.168 e. The Morgan fingerprint density at radius 1 is 1.26 bits per heavy atom. The molecule has 0 bridgehead atoms. The summed E-state index contributed by atoms with van der Waals surface area (Å²) in [4.78, 5) is 12.4. The number of benzene rings is 1. The van der Waals surface area contributed by atoms with E-state index in [1.807, 2.05) is 0 Å². The van der Waals surface area contributed by atoms with E-state index in [0.717, 1.165) is 36.1 Å². The van der Waals surface area contributed by atoms with Gasteiger partial charge in [-0.15, -0.1) is 0 Å². The molecule has 3 heteroatoms. The van der Waals surface area contributed by atoms with Crippen molar-refractivity contribution < 1.29 is 9.18 Å². The molecule has 19 heavy (non-hydrogen) atoms. The van der Waals surface area contributed by atoms with E-state index in [9.17, 15) is 9.18 Å². The van der Waals surface area contributed by atoms with Gasteiger partial charge in [0, 0.05) is 10.4 Å². The molecule has 1 nitrogen and oxygen atoms in total. The molecular formula is C16H20BrFO. The van der Waals surface area contributed by atoms with Crippen molar-refractivity contribution in [2.45, 2.75) is 39.5 Å². The van der Waals surface area contributed by atoms with E-state index in [2.05, 4.69) is 29.8 Å². The molecule has 0 aromatic heterocycles. The quantitative estimate of drug-likeness (QED) is 0.695. The van der Waals surface area contributed by atoms with Gasteiger partial charge in [0.05, 0.1) is 5.56 Å². The summed E-state index contributed by atoms with van der Waals surface area (Å²) in [6.07, 6.45) is 3.97. The molecule has 0 atom stereocenters. The smallest absolute Gasteiger partial charge is 0.168 e. The van der Waals surface area contributed by atoms with Crippen LogP contribution in [0.3, 0.4) is 0 Å². The molecule has 104 valence electrons. The second-order valence-corrected chi connectivity index (χ2v) is 6.76. The Balaban J connectivity index is 2.07. The van der Waals surface area contributed by atoms with E-state index in [0.29, 0.717) is 5.92 Å². The molecular weight excluding hydrogens is 307 g/mol. The van der Waals surface area contributed by atoms with Crippen molar-refractivity contribution >= 4 is 21.7 Å². The molecule has 0 N–H and O–H groups in total. The highest BCUT2D eigenvalue weighted by molar-refractivity contribution is 9.10. The molecule has 0 aliphatic heterocycles. The van der Waals surface area contributed by atoms with Crippen LogP contribution in [0.5, 0.6) is 0 Å². The van der Waals surface area contributed by atoms with Crippen LogP contribution in [0.25, 0.3) is 0 Å². The van der Waals surface area contributed by atoms with Gasteiger partial charge >= 0.3 is 0 Å². The maximum absolute atomic E-state index is 13.7. The van der Waals surface area contributed by atoms with Gasteiger partial charge in [0.15, 0.2) is 5.78 Å². The van der Waals surface area contributed by atoms with Crippen LogP contribution in [0.1, 0.15) is 49.9 Å². The Morgan fingerprint density at radius 3 is 2.47 bits per heavy atom. The zero-order valence-electron chi connectivity index (χ0n) is 11.5. The van der Waals surface area contributed by atoms with Crippen LogP contribution < -0.4 is 0 Å². The van der Waals surface area contributed by atoms with Crippen molar-refractivity contribution in [1.82, 2.24) is 0 Å². The van der Waals surface area contributed by atoms with Crippen LogP contribution in [-0.2, 0) is 0 Å². The number of ketones is 1. The Labute approximate surface area is 122 Å². The summed E-state index contributed by atoms with van der Waals surface area (Å²) < 4.78 is 14.5. The molecule has 2 rings (SSSR count). The first-order chi connectivity index (χ1) is 8.99. The van der Waals surface area contributed by atoms with Gasteiger partial charge in [-0.2, -0.15) is 0 Å². The summed E-state index contributed by atoms with van der Waals surface area (Å²) in [5.74, 6) is 0.967. The number of rotatable bonds is 3. The zero-order chi connectivity index (χ0) is 14.0. The third-order valence-electron chi connectivity index (χ3n) is 4.28. The number of Topliss-reactive ketones (excluding diaryl/α,β-unsaturated/α-hetero) is 1. The molecule has 1 saturated carbocycles. The predicted octanol–water partition coefficient (Wildman–Crippen LogP) is 5.23. The SMILES string of the molecule is CC(C)C1CCC(C(=O)c2cc(Br)ccc2F)CC1. The summed E-state index contributed by atoms with van der Waals surface area (Å²) >= 11 is 3.30. The molecule has 1 aliphatic carbocycles. The number of carbonyl (C=O) groups excluding carboxylic acids is 1. The minimum Gasteiger partial charge on any atom is -0.294 e.